The number of unbranched alkanes of at least 4 members (excludes halogenated alkanes) is 2. The Balaban J connectivity index is 1.51. The number of nitrogens with one attached hydrogen (secondary N) is 1. The fraction of sp³-hybridized carbons (Fsp3) is 0.333. The van der Waals surface area contributed by atoms with Crippen molar-refractivity contribution in [2.45, 2.75) is 37.8 Å². The van der Waals surface area contributed by atoms with Gasteiger partial charge >= 0.3 is 6.03 Å². The first kappa shape index (κ1) is 21.7. The van der Waals surface area contributed by atoms with Crippen LogP contribution in [-0.4, -0.2) is 56.1 Å². The van der Waals surface area contributed by atoms with Gasteiger partial charge in [0.05, 0.1) is 0 Å². The second-order valence-corrected chi connectivity index (χ2v) is 8.63. The van der Waals surface area contributed by atoms with Gasteiger partial charge in [0, 0.05) is 41.0 Å². The average molecular weight is 460 g/mol. The largest absolute Gasteiger partial charge is 0.504 e. The van der Waals surface area contributed by atoms with Gasteiger partial charge in [-0.2, -0.15) is 0 Å². The number of phenols is 2. The second-order valence-electron chi connectivity index (χ2n) is 8.63. The van der Waals surface area contributed by atoms with Gasteiger partial charge in [-0.05, 0) is 47.7 Å². The number of nitrogens with zero attached hydrogens (tertiary/aromatic N) is 5. The Hall–Kier alpha value is -4.17. The molecular formula is C24H24N6O4. The summed E-state index contributed by atoms with van der Waals surface area (Å²) in [5, 5.41) is 24.5. The zero-order chi connectivity index (χ0) is 23.8. The number of para-hydroxylation sites is 1. The molecule has 10 nitrogen and oxygen atoms in total. The van der Waals surface area contributed by atoms with Crippen molar-refractivity contribution >= 4 is 22.8 Å². The molecule has 3 N–H and O–H groups in total. The Labute approximate surface area is 195 Å². The lowest BCUT2D eigenvalue weighted by molar-refractivity contribution is -0.128. The molecule has 1 saturated heterocycles. The molecule has 10 heteroatoms. The molecule has 2 aliphatic rings. The van der Waals surface area contributed by atoms with Crippen LogP contribution < -0.4 is 0 Å². The summed E-state index contributed by atoms with van der Waals surface area (Å²) >= 11 is 0. The number of urea groups is 1. The van der Waals surface area contributed by atoms with Crippen molar-refractivity contribution < 1.29 is 19.8 Å². The number of carbonyl (C=O) groups is 2. The van der Waals surface area contributed by atoms with Gasteiger partial charge in [-0.1, -0.05) is 35.8 Å². The van der Waals surface area contributed by atoms with E-state index in [1.54, 1.807) is 11.0 Å². The number of aromatic amines is 1. The number of azide groups is 1. The maximum absolute atomic E-state index is 13.5. The first-order valence-electron chi connectivity index (χ1n) is 11.3. The molecule has 0 saturated carbocycles. The number of phenolic OH excluding ortho intramolecular Hbond substituents is 2. The first-order valence-corrected chi connectivity index (χ1v) is 11.3. The Morgan fingerprint density at radius 1 is 1.09 bits per heavy atom. The number of aromatic nitrogens is 1. The zero-order valence-corrected chi connectivity index (χ0v) is 18.4. The second kappa shape index (κ2) is 8.64. The number of hydrogen-bond donors (Lipinski definition) is 3. The molecule has 3 heterocycles. The number of carbonyl (C=O) groups excluding carboxylic acids is 2. The minimum atomic E-state index is -0.650. The van der Waals surface area contributed by atoms with E-state index in [-0.39, 0.29) is 23.4 Å². The van der Waals surface area contributed by atoms with Gasteiger partial charge < -0.3 is 15.2 Å². The Kier molecular flexibility index (Phi) is 5.51. The van der Waals surface area contributed by atoms with E-state index in [1.165, 1.54) is 17.0 Å². The molecule has 0 radical (unpaired) electrons. The van der Waals surface area contributed by atoms with Crippen LogP contribution in [-0.2, 0) is 11.2 Å². The quantitative estimate of drug-likeness (QED) is 0.120. The van der Waals surface area contributed by atoms with E-state index in [0.29, 0.717) is 37.9 Å². The number of rotatable bonds is 7. The lowest BCUT2D eigenvalue weighted by Crippen LogP contribution is -2.44. The maximum atomic E-state index is 13.5. The number of fused-ring (bicyclic) bond motifs is 4. The lowest BCUT2D eigenvalue weighted by atomic mass is 9.88. The van der Waals surface area contributed by atoms with Crippen molar-refractivity contribution in [1.29, 1.82) is 0 Å². The lowest BCUT2D eigenvalue weighted by Gasteiger charge is -2.36. The van der Waals surface area contributed by atoms with Crippen molar-refractivity contribution in [3.63, 3.8) is 0 Å². The number of H-pyrrole nitrogens is 1. The van der Waals surface area contributed by atoms with Crippen molar-refractivity contribution in [3.8, 4) is 11.5 Å². The molecule has 2 atom stereocenters. The molecule has 2 aliphatic heterocycles. The van der Waals surface area contributed by atoms with Crippen LogP contribution in [0.15, 0.2) is 47.6 Å². The van der Waals surface area contributed by atoms with E-state index in [9.17, 15) is 19.8 Å². The van der Waals surface area contributed by atoms with Gasteiger partial charge in [-0.3, -0.25) is 14.6 Å². The van der Waals surface area contributed by atoms with E-state index in [0.717, 1.165) is 28.6 Å². The van der Waals surface area contributed by atoms with E-state index in [2.05, 4.69) is 15.0 Å². The Bertz CT molecular complexity index is 1330. The van der Waals surface area contributed by atoms with Gasteiger partial charge in [0.1, 0.15) is 12.1 Å². The predicted octanol–water partition coefficient (Wildman–Crippen LogP) is 4.34. The third kappa shape index (κ3) is 3.48. The van der Waals surface area contributed by atoms with Crippen LogP contribution in [0.2, 0.25) is 0 Å². The molecule has 174 valence electrons. The molecule has 0 bridgehead atoms. The molecule has 0 unspecified atom stereocenters. The molecule has 1 aromatic heterocycles. The molecule has 5 rings (SSSR count). The topological polar surface area (TPSA) is 146 Å². The van der Waals surface area contributed by atoms with Gasteiger partial charge in [0.25, 0.3) is 5.91 Å². The highest BCUT2D eigenvalue weighted by Gasteiger charge is 2.52. The SMILES string of the molecule is [N-]=[N+]=NCCCCCN1C(=O)[C@@H]2Cc3c([nH]c4ccccc34)[C@@H](c3ccc(O)c(O)c3)N2C1=O. The molecule has 3 aromatic rings. The third-order valence-corrected chi connectivity index (χ3v) is 6.65. The number of benzene rings is 2. The minimum Gasteiger partial charge on any atom is -0.504 e. The Morgan fingerprint density at radius 2 is 1.91 bits per heavy atom. The monoisotopic (exact) mass is 460 g/mol. The van der Waals surface area contributed by atoms with Crippen LogP contribution in [0.3, 0.4) is 0 Å². The smallest absolute Gasteiger partial charge is 0.328 e. The van der Waals surface area contributed by atoms with Crippen molar-refractivity contribution in [1.82, 2.24) is 14.8 Å². The summed E-state index contributed by atoms with van der Waals surface area (Å²) in [6.45, 7) is 0.685. The van der Waals surface area contributed by atoms with E-state index >= 15 is 0 Å². The summed E-state index contributed by atoms with van der Waals surface area (Å²) in [7, 11) is 0. The van der Waals surface area contributed by atoms with Gasteiger partial charge in [-0.15, -0.1) is 0 Å². The predicted molar refractivity (Wildman–Crippen MR) is 124 cm³/mol. The highest BCUT2D eigenvalue weighted by molar-refractivity contribution is 6.05. The summed E-state index contributed by atoms with van der Waals surface area (Å²) in [6, 6.07) is 10.7. The average Bonchev–Trinajstić information content (AvgIpc) is 3.32. The highest BCUT2D eigenvalue weighted by atomic mass is 16.3. The number of aromatic hydroxyl groups is 2. The maximum Gasteiger partial charge on any atom is 0.328 e. The summed E-state index contributed by atoms with van der Waals surface area (Å²) < 4.78 is 0. The molecule has 34 heavy (non-hydrogen) atoms. The molecule has 3 amide bonds. The van der Waals surface area contributed by atoms with Crippen LogP contribution in [0, 0.1) is 0 Å². The first-order chi connectivity index (χ1) is 16.5. The fourth-order valence-corrected chi connectivity index (χ4v) is 5.07. The minimum absolute atomic E-state index is 0.232. The van der Waals surface area contributed by atoms with E-state index in [1.807, 2.05) is 24.3 Å². The molecular weight excluding hydrogens is 436 g/mol. The standard InChI is InChI=1S/C24H24N6O4/c25-28-26-10-4-1-5-11-29-23(33)18-13-16-15-6-2-3-7-17(15)27-21(16)22(30(18)24(29)34)14-8-9-19(31)20(32)12-14/h2-3,6-9,12,18,22,27,31-32H,1,4-5,10-11,13H2/t18-,22+/m0/s1. The van der Waals surface area contributed by atoms with Gasteiger partial charge in [0.2, 0.25) is 0 Å². The summed E-state index contributed by atoms with van der Waals surface area (Å²) in [5.74, 6) is -0.768. The van der Waals surface area contributed by atoms with Crippen molar-refractivity contribution in [2.24, 2.45) is 5.11 Å². The highest BCUT2D eigenvalue weighted by Crippen LogP contribution is 2.45. The van der Waals surface area contributed by atoms with Gasteiger partial charge in [-0.25, -0.2) is 4.79 Å². The van der Waals surface area contributed by atoms with Crippen LogP contribution in [0.25, 0.3) is 21.3 Å². The van der Waals surface area contributed by atoms with Crippen LogP contribution in [0.4, 0.5) is 4.79 Å². The van der Waals surface area contributed by atoms with Gasteiger partial charge in [0.15, 0.2) is 11.5 Å². The van der Waals surface area contributed by atoms with Crippen molar-refractivity contribution in [2.75, 3.05) is 13.1 Å². The molecule has 0 spiro atoms. The van der Waals surface area contributed by atoms with Crippen LogP contribution in [0.1, 0.15) is 42.1 Å². The summed E-state index contributed by atoms with van der Waals surface area (Å²) in [4.78, 5) is 35.9. The van der Waals surface area contributed by atoms with Crippen LogP contribution in [0.5, 0.6) is 11.5 Å². The third-order valence-electron chi connectivity index (χ3n) is 6.65. The number of hydrogen-bond acceptors (Lipinski definition) is 5. The van der Waals surface area contributed by atoms with E-state index in [4.69, 9.17) is 5.53 Å². The molecule has 0 aliphatic carbocycles. The zero-order valence-electron chi connectivity index (χ0n) is 18.4. The van der Waals surface area contributed by atoms with E-state index < -0.39 is 12.1 Å². The molecule has 1 fully saturated rings. The fourth-order valence-electron chi connectivity index (χ4n) is 5.07. The summed E-state index contributed by atoms with van der Waals surface area (Å²) in [5.41, 5.74) is 11.7. The number of amides is 3. The normalized spacial score (nSPS) is 19.3. The molecule has 2 aromatic carbocycles. The van der Waals surface area contributed by atoms with Crippen LogP contribution >= 0.6 is 0 Å². The van der Waals surface area contributed by atoms with Crippen molar-refractivity contribution in [3.05, 3.63) is 69.7 Å². The summed E-state index contributed by atoms with van der Waals surface area (Å²) in [6.07, 6.45) is 2.45. The Morgan fingerprint density at radius 3 is 2.71 bits per heavy atom. The number of imide groups is 1.